The Morgan fingerprint density at radius 1 is 1.11 bits per heavy atom. The molecule has 2 aromatic heterocycles. The van der Waals surface area contributed by atoms with Crippen LogP contribution in [-0.2, 0) is 16.1 Å². The van der Waals surface area contributed by atoms with Crippen LogP contribution in [0.1, 0.15) is 22.9 Å². The van der Waals surface area contributed by atoms with E-state index in [9.17, 15) is 14.7 Å². The lowest BCUT2D eigenvalue weighted by Gasteiger charge is -2.24. The average molecular weight is 393 g/mol. The van der Waals surface area contributed by atoms with Gasteiger partial charge in [-0.1, -0.05) is 36.4 Å². The fourth-order valence-electron chi connectivity index (χ4n) is 3.45. The second kappa shape index (κ2) is 7.82. The first-order valence-electron chi connectivity index (χ1n) is 9.00. The van der Waals surface area contributed by atoms with Crippen molar-refractivity contribution in [2.24, 2.45) is 0 Å². The van der Waals surface area contributed by atoms with Gasteiger partial charge in [0.1, 0.15) is 5.76 Å². The van der Waals surface area contributed by atoms with Crippen LogP contribution in [0.15, 0.2) is 72.1 Å². The molecule has 28 heavy (non-hydrogen) atoms. The molecule has 0 spiro atoms. The molecule has 3 heterocycles. The summed E-state index contributed by atoms with van der Waals surface area (Å²) in [6.07, 6.45) is 5.97. The number of aliphatic hydroxyl groups is 1. The normalized spacial score (nSPS) is 18.7. The number of benzene rings is 1. The Kier molecular flexibility index (Phi) is 5.08. The largest absolute Gasteiger partial charge is 0.507 e. The SMILES string of the molecule is O=C1C(=O)N(CCCn2ccnc2)[C@H](c2cccs2)/C1=C(\O)c1ccccc1. The smallest absolute Gasteiger partial charge is 0.295 e. The maximum atomic E-state index is 12.8. The number of carbonyl (C=O) groups is 2. The van der Waals surface area contributed by atoms with Crippen molar-refractivity contribution >= 4 is 28.8 Å². The molecule has 4 rings (SSSR count). The summed E-state index contributed by atoms with van der Waals surface area (Å²) >= 11 is 1.47. The van der Waals surface area contributed by atoms with Crippen LogP contribution in [0.2, 0.25) is 0 Å². The summed E-state index contributed by atoms with van der Waals surface area (Å²) in [6.45, 7) is 1.11. The highest BCUT2D eigenvalue weighted by Crippen LogP contribution is 2.41. The molecule has 1 amide bonds. The average Bonchev–Trinajstić information content (AvgIpc) is 3.46. The van der Waals surface area contributed by atoms with Gasteiger partial charge < -0.3 is 14.6 Å². The quantitative estimate of drug-likeness (QED) is 0.395. The number of thiophene rings is 1. The van der Waals surface area contributed by atoms with Gasteiger partial charge >= 0.3 is 0 Å². The van der Waals surface area contributed by atoms with E-state index < -0.39 is 17.7 Å². The molecule has 6 nitrogen and oxygen atoms in total. The first kappa shape index (κ1) is 18.2. The van der Waals surface area contributed by atoms with Gasteiger partial charge in [-0.3, -0.25) is 9.59 Å². The van der Waals surface area contributed by atoms with Gasteiger partial charge in [-0.25, -0.2) is 4.98 Å². The molecule has 142 valence electrons. The van der Waals surface area contributed by atoms with Crippen molar-refractivity contribution in [3.63, 3.8) is 0 Å². The van der Waals surface area contributed by atoms with Gasteiger partial charge in [-0.15, -0.1) is 11.3 Å². The summed E-state index contributed by atoms with van der Waals surface area (Å²) in [5.74, 6) is -1.33. The van der Waals surface area contributed by atoms with Crippen molar-refractivity contribution in [1.82, 2.24) is 14.5 Å². The molecule has 0 radical (unpaired) electrons. The van der Waals surface area contributed by atoms with E-state index in [4.69, 9.17) is 0 Å². The van der Waals surface area contributed by atoms with Crippen molar-refractivity contribution in [2.45, 2.75) is 19.0 Å². The van der Waals surface area contributed by atoms with Crippen LogP contribution in [0.5, 0.6) is 0 Å². The fraction of sp³-hybridized carbons (Fsp3) is 0.190. The van der Waals surface area contributed by atoms with Gasteiger partial charge in [-0.2, -0.15) is 0 Å². The summed E-state index contributed by atoms with van der Waals surface area (Å²) in [5, 5.41) is 12.7. The summed E-state index contributed by atoms with van der Waals surface area (Å²) in [5.41, 5.74) is 0.682. The van der Waals surface area contributed by atoms with Gasteiger partial charge in [-0.05, 0) is 17.9 Å². The predicted molar refractivity (Wildman–Crippen MR) is 107 cm³/mol. The molecule has 1 N–H and O–H groups in total. The molecular formula is C21H19N3O3S. The minimum atomic E-state index is -0.637. The number of carbonyl (C=O) groups excluding carboxylic acids is 2. The molecule has 3 aromatic rings. The number of hydrogen-bond acceptors (Lipinski definition) is 5. The highest BCUT2D eigenvalue weighted by molar-refractivity contribution is 7.10. The van der Waals surface area contributed by atoms with Gasteiger partial charge in [0.2, 0.25) is 0 Å². The summed E-state index contributed by atoms with van der Waals surface area (Å²) in [4.78, 5) is 32.0. The lowest BCUT2D eigenvalue weighted by molar-refractivity contribution is -0.139. The molecule has 1 fully saturated rings. The molecule has 0 unspecified atom stereocenters. The molecule has 0 saturated carbocycles. The maximum Gasteiger partial charge on any atom is 0.295 e. The zero-order valence-electron chi connectivity index (χ0n) is 15.1. The van der Waals surface area contributed by atoms with Crippen LogP contribution in [0.3, 0.4) is 0 Å². The van der Waals surface area contributed by atoms with Gasteiger partial charge in [0.25, 0.3) is 11.7 Å². The van der Waals surface area contributed by atoms with Crippen LogP contribution >= 0.6 is 11.3 Å². The second-order valence-corrected chi connectivity index (χ2v) is 7.51. The minimum absolute atomic E-state index is 0.130. The zero-order valence-corrected chi connectivity index (χ0v) is 15.9. The van der Waals surface area contributed by atoms with Crippen molar-refractivity contribution in [1.29, 1.82) is 0 Å². The molecule has 1 aromatic carbocycles. The Balaban J connectivity index is 1.68. The molecular weight excluding hydrogens is 374 g/mol. The highest BCUT2D eigenvalue weighted by atomic mass is 32.1. The van der Waals surface area contributed by atoms with Crippen LogP contribution in [0, 0.1) is 0 Å². The Labute approximate surface area is 166 Å². The van der Waals surface area contributed by atoms with Crippen molar-refractivity contribution in [3.05, 3.63) is 82.6 Å². The highest BCUT2D eigenvalue weighted by Gasteiger charge is 2.46. The Hall–Kier alpha value is -3.19. The topological polar surface area (TPSA) is 75.4 Å². The van der Waals surface area contributed by atoms with Gasteiger partial charge in [0, 0.05) is 35.9 Å². The number of nitrogens with zero attached hydrogens (tertiary/aromatic N) is 3. The number of imidazole rings is 1. The number of aryl methyl sites for hydroxylation is 1. The summed E-state index contributed by atoms with van der Waals surface area (Å²) in [7, 11) is 0. The number of rotatable bonds is 6. The molecule has 1 aliphatic rings. The lowest BCUT2D eigenvalue weighted by atomic mass is 10.00. The number of ketones is 1. The molecule has 0 aliphatic carbocycles. The third-order valence-electron chi connectivity index (χ3n) is 4.77. The van der Waals surface area contributed by atoms with E-state index in [1.165, 1.54) is 11.3 Å². The van der Waals surface area contributed by atoms with E-state index in [-0.39, 0.29) is 11.3 Å². The van der Waals surface area contributed by atoms with E-state index in [2.05, 4.69) is 4.98 Å². The fourth-order valence-corrected chi connectivity index (χ4v) is 4.29. The van der Waals surface area contributed by atoms with Crippen LogP contribution < -0.4 is 0 Å². The Morgan fingerprint density at radius 2 is 1.93 bits per heavy atom. The standard InChI is InChI=1S/C21H19N3O3S/c25-19(15-6-2-1-3-7-15)17-18(16-8-4-13-28-16)24(21(27)20(17)26)11-5-10-23-12-9-22-14-23/h1-4,6-9,12-14,18,25H,5,10-11H2/b19-17+/t18-/m1/s1. The molecule has 1 aliphatic heterocycles. The van der Waals surface area contributed by atoms with Gasteiger partial charge in [0.05, 0.1) is 17.9 Å². The molecule has 7 heteroatoms. The van der Waals surface area contributed by atoms with Crippen molar-refractivity contribution < 1.29 is 14.7 Å². The first-order valence-corrected chi connectivity index (χ1v) is 9.88. The Bertz CT molecular complexity index is 995. The zero-order chi connectivity index (χ0) is 19.5. The molecule has 0 bridgehead atoms. The van der Waals surface area contributed by atoms with E-state index in [1.54, 1.807) is 41.7 Å². The van der Waals surface area contributed by atoms with Crippen molar-refractivity contribution in [3.8, 4) is 0 Å². The van der Waals surface area contributed by atoms with E-state index in [1.807, 2.05) is 34.3 Å². The Morgan fingerprint density at radius 3 is 2.61 bits per heavy atom. The number of aromatic nitrogens is 2. The van der Waals surface area contributed by atoms with E-state index in [0.717, 1.165) is 4.88 Å². The number of aliphatic hydroxyl groups excluding tert-OH is 1. The summed E-state index contributed by atoms with van der Waals surface area (Å²) < 4.78 is 1.93. The minimum Gasteiger partial charge on any atom is -0.507 e. The monoisotopic (exact) mass is 393 g/mol. The molecule has 1 atom stereocenters. The lowest BCUT2D eigenvalue weighted by Crippen LogP contribution is -2.31. The van der Waals surface area contributed by atoms with Crippen LogP contribution in [-0.4, -0.2) is 37.8 Å². The number of amides is 1. The second-order valence-electron chi connectivity index (χ2n) is 6.53. The maximum absolute atomic E-state index is 12.8. The van der Waals surface area contributed by atoms with E-state index >= 15 is 0 Å². The number of Topliss-reactive ketones (excluding diaryl/α,β-unsaturated/α-hetero) is 1. The van der Waals surface area contributed by atoms with Crippen LogP contribution in [0.4, 0.5) is 0 Å². The predicted octanol–water partition coefficient (Wildman–Crippen LogP) is 3.46. The van der Waals surface area contributed by atoms with Crippen LogP contribution in [0.25, 0.3) is 5.76 Å². The number of likely N-dealkylation sites (tertiary alicyclic amines) is 1. The number of hydrogen-bond donors (Lipinski definition) is 1. The van der Waals surface area contributed by atoms with Gasteiger partial charge in [0.15, 0.2) is 0 Å². The van der Waals surface area contributed by atoms with E-state index in [0.29, 0.717) is 25.1 Å². The summed E-state index contributed by atoms with van der Waals surface area (Å²) in [6, 6.07) is 12.1. The third kappa shape index (κ3) is 3.36. The third-order valence-corrected chi connectivity index (χ3v) is 5.70. The first-order chi connectivity index (χ1) is 13.7. The van der Waals surface area contributed by atoms with Crippen molar-refractivity contribution in [2.75, 3.05) is 6.54 Å². The molecule has 1 saturated heterocycles.